The van der Waals surface area contributed by atoms with E-state index in [2.05, 4.69) is 31.4 Å². The maximum Gasteiger partial charge on any atom is 0.417 e. The van der Waals surface area contributed by atoms with Crippen LogP contribution in [0.15, 0.2) is 36.8 Å². The standard InChI is InChI=1S/C27H28F4N6O2/c1-16-11-20(14-32-24(16)18-3-5-21(6-4-18)36-7-9-39-10-8-36)35-26(38)22-15-34-37(17(22)2)25-23(28)12-19(13-33-25)27(29,30)31/h3,11-15,21H,4-10H2,1-2H3,(H,35,38). The van der Waals surface area contributed by atoms with E-state index in [9.17, 15) is 22.4 Å². The van der Waals surface area contributed by atoms with Crippen molar-refractivity contribution in [3.8, 4) is 5.82 Å². The Balaban J connectivity index is 1.27. The number of rotatable bonds is 5. The van der Waals surface area contributed by atoms with Crippen molar-refractivity contribution in [2.45, 2.75) is 45.3 Å². The molecule has 39 heavy (non-hydrogen) atoms. The predicted octanol–water partition coefficient (Wildman–Crippen LogP) is 4.96. The number of alkyl halides is 3. The van der Waals surface area contributed by atoms with Crippen LogP contribution in [-0.2, 0) is 10.9 Å². The Morgan fingerprint density at radius 3 is 2.51 bits per heavy atom. The van der Waals surface area contributed by atoms with Gasteiger partial charge in [0.05, 0.1) is 53.8 Å². The monoisotopic (exact) mass is 544 g/mol. The molecule has 12 heteroatoms. The van der Waals surface area contributed by atoms with Crippen LogP contribution in [0.5, 0.6) is 0 Å². The van der Waals surface area contributed by atoms with Gasteiger partial charge in [0, 0.05) is 25.3 Å². The number of anilines is 1. The van der Waals surface area contributed by atoms with Crippen molar-refractivity contribution in [2.75, 3.05) is 31.6 Å². The van der Waals surface area contributed by atoms with Crippen molar-refractivity contribution in [3.05, 3.63) is 70.7 Å². The molecule has 1 aliphatic heterocycles. The fraction of sp³-hybridized carbons (Fsp3) is 0.407. The number of nitrogens with zero attached hydrogens (tertiary/aromatic N) is 5. The summed E-state index contributed by atoms with van der Waals surface area (Å²) >= 11 is 0. The van der Waals surface area contributed by atoms with Crippen LogP contribution in [0, 0.1) is 19.7 Å². The number of halogens is 4. The molecule has 8 nitrogen and oxygen atoms in total. The molecular weight excluding hydrogens is 516 g/mol. The number of amides is 1. The van der Waals surface area contributed by atoms with Crippen molar-refractivity contribution in [1.82, 2.24) is 24.6 Å². The summed E-state index contributed by atoms with van der Waals surface area (Å²) in [5, 5.41) is 6.75. The van der Waals surface area contributed by atoms with Gasteiger partial charge in [0.15, 0.2) is 11.6 Å². The lowest BCUT2D eigenvalue weighted by molar-refractivity contribution is -0.138. The van der Waals surface area contributed by atoms with Gasteiger partial charge in [-0.15, -0.1) is 0 Å². The number of carbonyl (C=O) groups excluding carboxylic acids is 1. The molecule has 2 aliphatic rings. The van der Waals surface area contributed by atoms with Crippen LogP contribution in [0.2, 0.25) is 0 Å². The quantitative estimate of drug-likeness (QED) is 0.458. The van der Waals surface area contributed by atoms with Gasteiger partial charge in [-0.1, -0.05) is 6.08 Å². The van der Waals surface area contributed by atoms with Gasteiger partial charge >= 0.3 is 6.18 Å². The molecule has 1 N–H and O–H groups in total. The van der Waals surface area contributed by atoms with Crippen molar-refractivity contribution >= 4 is 17.2 Å². The number of aryl methyl sites for hydroxylation is 1. The van der Waals surface area contributed by atoms with Crippen LogP contribution in [0.4, 0.5) is 23.2 Å². The SMILES string of the molecule is Cc1cc(NC(=O)c2cnn(-c3ncc(C(F)(F)F)cc3F)c2C)cnc1C1=CCC(N2CCOCC2)CC1. The summed E-state index contributed by atoms with van der Waals surface area (Å²) in [6.45, 7) is 6.94. The highest BCUT2D eigenvalue weighted by Gasteiger charge is 2.32. The van der Waals surface area contributed by atoms with E-state index in [0.29, 0.717) is 24.0 Å². The Labute approximate surface area is 222 Å². The average molecular weight is 545 g/mol. The number of morpholine rings is 1. The maximum atomic E-state index is 14.4. The molecule has 1 aliphatic carbocycles. The number of aromatic nitrogens is 4. The van der Waals surface area contributed by atoms with Gasteiger partial charge in [0.1, 0.15) is 0 Å². The van der Waals surface area contributed by atoms with Crippen LogP contribution in [0.1, 0.15) is 52.1 Å². The van der Waals surface area contributed by atoms with Crippen LogP contribution in [0.3, 0.4) is 0 Å². The zero-order valence-electron chi connectivity index (χ0n) is 21.6. The highest BCUT2D eigenvalue weighted by Crippen LogP contribution is 2.32. The largest absolute Gasteiger partial charge is 0.417 e. The minimum atomic E-state index is -4.73. The Bertz CT molecular complexity index is 1410. The molecule has 0 radical (unpaired) electrons. The lowest BCUT2D eigenvalue weighted by Crippen LogP contribution is -2.43. The highest BCUT2D eigenvalue weighted by atomic mass is 19.4. The second-order valence-electron chi connectivity index (χ2n) is 9.73. The van der Waals surface area contributed by atoms with Gasteiger partial charge in [-0.3, -0.25) is 14.7 Å². The lowest BCUT2D eigenvalue weighted by atomic mass is 9.90. The first-order chi connectivity index (χ1) is 18.6. The Morgan fingerprint density at radius 2 is 1.87 bits per heavy atom. The summed E-state index contributed by atoms with van der Waals surface area (Å²) in [5.74, 6) is -2.14. The highest BCUT2D eigenvalue weighted by molar-refractivity contribution is 6.05. The lowest BCUT2D eigenvalue weighted by Gasteiger charge is -2.36. The molecule has 1 saturated heterocycles. The van der Waals surface area contributed by atoms with Crippen LogP contribution >= 0.6 is 0 Å². The number of ether oxygens (including phenoxy) is 1. The van der Waals surface area contributed by atoms with Gasteiger partial charge < -0.3 is 10.1 Å². The molecule has 3 aromatic heterocycles. The predicted molar refractivity (Wildman–Crippen MR) is 136 cm³/mol. The normalized spacial score (nSPS) is 18.6. The minimum Gasteiger partial charge on any atom is -0.379 e. The molecule has 0 saturated carbocycles. The van der Waals surface area contributed by atoms with Crippen molar-refractivity contribution in [3.63, 3.8) is 0 Å². The smallest absolute Gasteiger partial charge is 0.379 e. The summed E-state index contributed by atoms with van der Waals surface area (Å²) in [6.07, 6.45) is 3.81. The first-order valence-electron chi connectivity index (χ1n) is 12.7. The van der Waals surface area contributed by atoms with Gasteiger partial charge in [-0.05, 0) is 56.4 Å². The number of allylic oxidation sites excluding steroid dienone is 1. The first-order valence-corrected chi connectivity index (χ1v) is 12.7. The Morgan fingerprint density at radius 1 is 1.10 bits per heavy atom. The molecular formula is C27H28F4N6O2. The molecule has 0 aromatic carbocycles. The molecule has 206 valence electrons. The summed E-state index contributed by atoms with van der Waals surface area (Å²) < 4.78 is 59.4. The van der Waals surface area contributed by atoms with E-state index in [1.54, 1.807) is 6.20 Å². The summed E-state index contributed by atoms with van der Waals surface area (Å²) in [6, 6.07) is 2.71. The van der Waals surface area contributed by atoms with Crippen LogP contribution in [0.25, 0.3) is 11.4 Å². The summed E-state index contributed by atoms with van der Waals surface area (Å²) in [4.78, 5) is 23.6. The van der Waals surface area contributed by atoms with E-state index < -0.39 is 29.3 Å². The minimum absolute atomic E-state index is 0.127. The number of hydrogen-bond donors (Lipinski definition) is 1. The van der Waals surface area contributed by atoms with Crippen molar-refractivity contribution in [1.29, 1.82) is 0 Å². The Kier molecular flexibility index (Phi) is 7.50. The van der Waals surface area contributed by atoms with Gasteiger partial charge in [-0.25, -0.2) is 14.1 Å². The molecule has 0 bridgehead atoms. The third kappa shape index (κ3) is 5.71. The van der Waals surface area contributed by atoms with E-state index >= 15 is 0 Å². The number of carbonyl (C=O) groups is 1. The van der Waals surface area contributed by atoms with Crippen LogP contribution in [-0.4, -0.2) is 62.9 Å². The molecule has 1 unspecified atom stereocenters. The van der Waals surface area contributed by atoms with E-state index in [1.807, 2.05) is 13.0 Å². The number of pyridine rings is 2. The second kappa shape index (κ2) is 10.9. The van der Waals surface area contributed by atoms with Gasteiger partial charge in [0.2, 0.25) is 0 Å². The molecule has 0 spiro atoms. The van der Waals surface area contributed by atoms with Crippen molar-refractivity contribution < 1.29 is 27.1 Å². The van der Waals surface area contributed by atoms with E-state index in [-0.39, 0.29) is 11.3 Å². The number of hydrogen-bond acceptors (Lipinski definition) is 6. The first kappa shape index (κ1) is 26.9. The summed E-state index contributed by atoms with van der Waals surface area (Å²) in [5.41, 5.74) is 2.64. The second-order valence-corrected chi connectivity index (χ2v) is 9.73. The third-order valence-corrected chi connectivity index (χ3v) is 7.19. The van der Waals surface area contributed by atoms with E-state index in [1.165, 1.54) is 18.7 Å². The van der Waals surface area contributed by atoms with Crippen LogP contribution < -0.4 is 5.32 Å². The molecule has 3 aromatic rings. The van der Waals surface area contributed by atoms with Gasteiger partial charge in [0.25, 0.3) is 5.91 Å². The third-order valence-electron chi connectivity index (χ3n) is 7.19. The zero-order chi connectivity index (χ0) is 27.7. The van der Waals surface area contributed by atoms with Gasteiger partial charge in [-0.2, -0.15) is 18.3 Å². The topological polar surface area (TPSA) is 85.2 Å². The fourth-order valence-electron chi connectivity index (χ4n) is 5.08. The molecule has 1 fully saturated rings. The maximum absolute atomic E-state index is 14.4. The van der Waals surface area contributed by atoms with Crippen molar-refractivity contribution in [2.24, 2.45) is 0 Å². The van der Waals surface area contributed by atoms with E-state index in [4.69, 9.17) is 4.74 Å². The molecule has 5 rings (SSSR count). The molecule has 1 amide bonds. The number of nitrogens with one attached hydrogen (secondary N) is 1. The average Bonchev–Trinajstić information content (AvgIpc) is 3.30. The molecule has 1 atom stereocenters. The summed E-state index contributed by atoms with van der Waals surface area (Å²) in [7, 11) is 0. The molecule has 4 heterocycles. The zero-order valence-corrected chi connectivity index (χ0v) is 21.6. The Hall–Kier alpha value is -3.64. The van der Waals surface area contributed by atoms with E-state index in [0.717, 1.165) is 61.5 Å². The fourth-order valence-corrected chi connectivity index (χ4v) is 5.08.